The minimum atomic E-state index is -3.75. The topological polar surface area (TPSA) is 75.7 Å². The van der Waals surface area contributed by atoms with Gasteiger partial charge >= 0.3 is 0 Å². The number of carbonyl (C=O) groups excluding carboxylic acids is 1. The van der Waals surface area contributed by atoms with Crippen molar-refractivity contribution in [3.8, 4) is 0 Å². The highest BCUT2D eigenvalue weighted by atomic mass is 32.2. The van der Waals surface area contributed by atoms with Crippen molar-refractivity contribution >= 4 is 15.9 Å². The summed E-state index contributed by atoms with van der Waals surface area (Å²) in [4.78, 5) is 16.8. The van der Waals surface area contributed by atoms with Crippen LogP contribution in [0.25, 0.3) is 0 Å². The largest absolute Gasteiger partial charge is 0.350 e. The maximum atomic E-state index is 12.1. The predicted octanol–water partition coefficient (Wildman–Crippen LogP) is 1.79. The summed E-state index contributed by atoms with van der Waals surface area (Å²) in [6.07, 6.45) is 1.84. The molecule has 1 unspecified atom stereocenters. The van der Waals surface area contributed by atoms with Gasteiger partial charge in [-0.1, -0.05) is 23.9 Å². The first-order chi connectivity index (χ1) is 9.82. The van der Waals surface area contributed by atoms with Crippen molar-refractivity contribution in [2.75, 3.05) is 14.2 Å². The molecule has 6 nitrogen and oxygen atoms in total. The highest BCUT2D eigenvalue weighted by molar-refractivity contribution is 7.89. The molecule has 0 aromatic heterocycles. The minimum Gasteiger partial charge on any atom is -0.350 e. The lowest BCUT2D eigenvalue weighted by atomic mass is 10.1. The molecule has 1 N–H and O–H groups in total. The smallest absolute Gasteiger partial charge is 0.264 e. The Morgan fingerprint density at radius 1 is 1.43 bits per heavy atom. The molecular weight excluding hydrogens is 292 g/mol. The summed E-state index contributed by atoms with van der Waals surface area (Å²) in [5.74, 6) is -0.284. The number of hydroxylamine groups is 1. The van der Waals surface area contributed by atoms with Crippen LogP contribution in [0.5, 0.6) is 0 Å². The monoisotopic (exact) mass is 314 g/mol. The van der Waals surface area contributed by atoms with Gasteiger partial charge in [-0.3, -0.25) is 9.63 Å². The number of hydrogen-bond donors (Lipinski definition) is 1. The Hall–Kier alpha value is -1.44. The van der Waals surface area contributed by atoms with Crippen molar-refractivity contribution in [3.63, 3.8) is 0 Å². The molecule has 0 saturated heterocycles. The molecule has 1 amide bonds. The molecule has 1 aromatic rings. The van der Waals surface area contributed by atoms with Crippen LogP contribution in [0.2, 0.25) is 0 Å². The van der Waals surface area contributed by atoms with Gasteiger partial charge in [0.05, 0.1) is 12.0 Å². The third-order valence-corrected chi connectivity index (χ3v) is 4.76. The van der Waals surface area contributed by atoms with E-state index in [1.54, 1.807) is 6.07 Å². The Labute approximate surface area is 126 Å². The third kappa shape index (κ3) is 4.52. The Kier molecular flexibility index (Phi) is 6.32. The summed E-state index contributed by atoms with van der Waals surface area (Å²) in [6, 6.07) is 5.94. The maximum absolute atomic E-state index is 12.1. The molecule has 7 heteroatoms. The lowest BCUT2D eigenvalue weighted by Gasteiger charge is -2.16. The van der Waals surface area contributed by atoms with Crippen molar-refractivity contribution < 1.29 is 18.0 Å². The van der Waals surface area contributed by atoms with Crippen LogP contribution in [0.3, 0.4) is 0 Å². The summed E-state index contributed by atoms with van der Waals surface area (Å²) in [5.41, 5.74) is 0.309. The van der Waals surface area contributed by atoms with Crippen LogP contribution in [-0.4, -0.2) is 39.0 Å². The molecule has 0 spiro atoms. The fourth-order valence-electron chi connectivity index (χ4n) is 1.86. The Balaban J connectivity index is 2.98. The lowest BCUT2D eigenvalue weighted by Crippen LogP contribution is -2.32. The van der Waals surface area contributed by atoms with Crippen LogP contribution in [-0.2, 0) is 14.9 Å². The van der Waals surface area contributed by atoms with Crippen molar-refractivity contribution in [2.45, 2.75) is 37.6 Å². The molecule has 21 heavy (non-hydrogen) atoms. The predicted molar refractivity (Wildman–Crippen MR) is 80.2 cm³/mol. The van der Waals surface area contributed by atoms with Gasteiger partial charge < -0.3 is 5.32 Å². The van der Waals surface area contributed by atoms with Gasteiger partial charge in [-0.25, -0.2) is 8.42 Å². The molecule has 0 aliphatic carbocycles. The Bertz CT molecular complexity index is 586. The molecule has 0 saturated carbocycles. The number of nitrogens with one attached hydrogen (secondary N) is 1. The highest BCUT2D eigenvalue weighted by Crippen LogP contribution is 2.16. The van der Waals surface area contributed by atoms with Crippen LogP contribution < -0.4 is 5.32 Å². The van der Waals surface area contributed by atoms with Gasteiger partial charge in [0.25, 0.3) is 15.9 Å². The van der Waals surface area contributed by atoms with E-state index < -0.39 is 10.0 Å². The molecule has 0 radical (unpaired) electrons. The van der Waals surface area contributed by atoms with Crippen LogP contribution in [0.4, 0.5) is 0 Å². The molecule has 0 fully saturated rings. The second-order valence-electron chi connectivity index (χ2n) is 4.79. The molecule has 0 aliphatic heterocycles. The van der Waals surface area contributed by atoms with Gasteiger partial charge in [0.15, 0.2) is 0 Å². The summed E-state index contributed by atoms with van der Waals surface area (Å²) in [5, 5.41) is 2.84. The molecular formula is C14H22N2O4S. The SMILES string of the molecule is CCCC(C)NC(=O)c1cccc(S(=O)(=O)N(C)OC)c1. The zero-order valence-corrected chi connectivity index (χ0v) is 13.6. The summed E-state index contributed by atoms with van der Waals surface area (Å²) >= 11 is 0. The van der Waals surface area contributed by atoms with Crippen molar-refractivity contribution in [2.24, 2.45) is 0 Å². The maximum Gasteiger partial charge on any atom is 0.264 e. The standard InChI is InChI=1S/C14H22N2O4S/c1-5-7-11(2)15-14(17)12-8-6-9-13(10-12)21(18,19)16(3)20-4/h6,8-11H,5,7H2,1-4H3,(H,15,17). The van der Waals surface area contributed by atoms with Gasteiger partial charge in [-0.05, 0) is 31.5 Å². The van der Waals surface area contributed by atoms with Gasteiger partial charge in [0.1, 0.15) is 0 Å². The first kappa shape index (κ1) is 17.6. The Morgan fingerprint density at radius 3 is 2.67 bits per heavy atom. The first-order valence-electron chi connectivity index (χ1n) is 6.76. The molecule has 0 aliphatic rings. The van der Waals surface area contributed by atoms with E-state index in [0.717, 1.165) is 17.3 Å². The second-order valence-corrected chi connectivity index (χ2v) is 6.72. The first-order valence-corrected chi connectivity index (χ1v) is 8.21. The van der Waals surface area contributed by atoms with Gasteiger partial charge in [0.2, 0.25) is 0 Å². The number of nitrogens with zero attached hydrogens (tertiary/aromatic N) is 1. The van der Waals surface area contributed by atoms with E-state index >= 15 is 0 Å². The molecule has 1 rings (SSSR count). The summed E-state index contributed by atoms with van der Waals surface area (Å²) in [6.45, 7) is 3.96. The molecule has 1 atom stereocenters. The van der Waals surface area contributed by atoms with Gasteiger partial charge in [-0.15, -0.1) is 0 Å². The van der Waals surface area contributed by atoms with E-state index in [9.17, 15) is 13.2 Å². The van der Waals surface area contributed by atoms with E-state index in [-0.39, 0.29) is 16.8 Å². The molecule has 118 valence electrons. The van der Waals surface area contributed by atoms with Crippen LogP contribution in [0.1, 0.15) is 37.0 Å². The lowest BCUT2D eigenvalue weighted by molar-refractivity contribution is -0.0258. The number of hydrogen-bond acceptors (Lipinski definition) is 4. The van der Waals surface area contributed by atoms with Gasteiger partial charge in [-0.2, -0.15) is 0 Å². The van der Waals surface area contributed by atoms with Crippen molar-refractivity contribution in [1.29, 1.82) is 0 Å². The van der Waals surface area contributed by atoms with E-state index in [0.29, 0.717) is 5.56 Å². The average Bonchev–Trinajstić information content (AvgIpc) is 2.46. The zero-order chi connectivity index (χ0) is 16.0. The quantitative estimate of drug-likeness (QED) is 0.779. The van der Waals surface area contributed by atoms with E-state index in [4.69, 9.17) is 4.84 Å². The molecule has 1 aromatic carbocycles. The van der Waals surface area contributed by atoms with Gasteiger partial charge in [0, 0.05) is 18.7 Å². The Morgan fingerprint density at radius 2 is 2.10 bits per heavy atom. The third-order valence-electron chi connectivity index (χ3n) is 3.09. The van der Waals surface area contributed by atoms with Crippen LogP contribution >= 0.6 is 0 Å². The van der Waals surface area contributed by atoms with Crippen molar-refractivity contribution in [3.05, 3.63) is 29.8 Å². The number of amides is 1. The summed E-state index contributed by atoms with van der Waals surface area (Å²) < 4.78 is 25.0. The molecule has 0 bridgehead atoms. The fourth-order valence-corrected chi connectivity index (χ4v) is 2.88. The minimum absolute atomic E-state index is 0.0163. The van der Waals surface area contributed by atoms with E-state index in [1.807, 2.05) is 13.8 Å². The summed E-state index contributed by atoms with van der Waals surface area (Å²) in [7, 11) is -1.19. The number of benzene rings is 1. The zero-order valence-electron chi connectivity index (χ0n) is 12.8. The number of rotatable bonds is 7. The van der Waals surface area contributed by atoms with Crippen LogP contribution in [0.15, 0.2) is 29.2 Å². The van der Waals surface area contributed by atoms with Crippen molar-refractivity contribution in [1.82, 2.24) is 9.79 Å². The van der Waals surface area contributed by atoms with E-state index in [2.05, 4.69) is 5.32 Å². The normalized spacial score (nSPS) is 13.2. The van der Waals surface area contributed by atoms with E-state index in [1.165, 1.54) is 32.4 Å². The molecule has 0 heterocycles. The second kappa shape index (κ2) is 7.53. The number of carbonyl (C=O) groups is 1. The highest BCUT2D eigenvalue weighted by Gasteiger charge is 2.22. The number of sulfonamides is 1. The average molecular weight is 314 g/mol. The van der Waals surface area contributed by atoms with Crippen LogP contribution in [0, 0.1) is 0 Å². The fraction of sp³-hybridized carbons (Fsp3) is 0.500.